The van der Waals surface area contributed by atoms with Gasteiger partial charge in [-0.1, -0.05) is 0 Å². The van der Waals surface area contributed by atoms with Gasteiger partial charge in [0.1, 0.15) is 5.54 Å². The number of piperazine rings is 1. The van der Waals surface area contributed by atoms with Gasteiger partial charge < -0.3 is 14.7 Å². The van der Waals surface area contributed by atoms with E-state index in [4.69, 9.17) is 9.84 Å². The van der Waals surface area contributed by atoms with Crippen molar-refractivity contribution in [3.8, 4) is 0 Å². The number of carbonyl (C=O) groups excluding carboxylic acids is 1. The average Bonchev–Trinajstić information content (AvgIpc) is 2.29. The molecule has 0 spiro atoms. The predicted octanol–water partition coefficient (Wildman–Crippen LogP) is 0.624. The number of ether oxygens (including phenoxy) is 1. The Morgan fingerprint density at radius 3 is 2.18 bits per heavy atom. The van der Waals surface area contributed by atoms with E-state index in [-0.39, 0.29) is 6.09 Å². The zero-order valence-electron chi connectivity index (χ0n) is 10.6. The number of hydrogen-bond donors (Lipinski definition) is 1. The quantitative estimate of drug-likeness (QED) is 0.788. The lowest BCUT2D eigenvalue weighted by Gasteiger charge is -2.41. The Kier molecular flexibility index (Phi) is 4.34. The number of carboxylic acids is 1. The monoisotopic (exact) mass is 244 g/mol. The third-order valence-electron chi connectivity index (χ3n) is 3.12. The van der Waals surface area contributed by atoms with Crippen LogP contribution >= 0.6 is 0 Å². The van der Waals surface area contributed by atoms with Crippen LogP contribution in [0.4, 0.5) is 4.79 Å². The van der Waals surface area contributed by atoms with Crippen molar-refractivity contribution in [2.75, 3.05) is 32.8 Å². The molecule has 1 heterocycles. The van der Waals surface area contributed by atoms with E-state index in [1.54, 1.807) is 25.7 Å². The van der Waals surface area contributed by atoms with E-state index in [0.29, 0.717) is 32.8 Å². The van der Waals surface area contributed by atoms with E-state index in [2.05, 4.69) is 0 Å². The second-order valence-corrected chi connectivity index (χ2v) is 4.54. The summed E-state index contributed by atoms with van der Waals surface area (Å²) in [5.74, 6) is -0.845. The smallest absolute Gasteiger partial charge is 0.409 e. The first kappa shape index (κ1) is 13.8. The summed E-state index contributed by atoms with van der Waals surface area (Å²) < 4.78 is 4.90. The van der Waals surface area contributed by atoms with Crippen molar-refractivity contribution in [3.63, 3.8) is 0 Å². The van der Waals surface area contributed by atoms with Crippen molar-refractivity contribution >= 4 is 12.1 Å². The fraction of sp³-hybridized carbons (Fsp3) is 0.818. The van der Waals surface area contributed by atoms with Crippen LogP contribution in [0.1, 0.15) is 20.8 Å². The van der Waals surface area contributed by atoms with E-state index in [0.717, 1.165) is 0 Å². The number of nitrogens with zero attached hydrogens (tertiary/aromatic N) is 2. The maximum Gasteiger partial charge on any atom is 0.409 e. The summed E-state index contributed by atoms with van der Waals surface area (Å²) in [6.07, 6.45) is -0.319. The van der Waals surface area contributed by atoms with Gasteiger partial charge in [0.15, 0.2) is 0 Å². The molecule has 0 aromatic heterocycles. The Bertz CT molecular complexity index is 296. The highest BCUT2D eigenvalue weighted by molar-refractivity contribution is 5.77. The van der Waals surface area contributed by atoms with E-state index in [1.807, 2.05) is 4.90 Å². The molecule has 6 heteroatoms. The van der Waals surface area contributed by atoms with Crippen LogP contribution in [-0.4, -0.2) is 65.3 Å². The SMILES string of the molecule is CCOC(=O)N1CCN(C(C)(C)C(=O)O)CC1. The summed E-state index contributed by atoms with van der Waals surface area (Å²) in [5.41, 5.74) is -0.888. The van der Waals surface area contributed by atoms with E-state index >= 15 is 0 Å². The van der Waals surface area contributed by atoms with Crippen molar-refractivity contribution in [3.05, 3.63) is 0 Å². The van der Waals surface area contributed by atoms with Crippen LogP contribution in [0, 0.1) is 0 Å². The minimum atomic E-state index is -0.888. The maximum absolute atomic E-state index is 11.5. The number of amides is 1. The number of hydrogen-bond acceptors (Lipinski definition) is 4. The summed E-state index contributed by atoms with van der Waals surface area (Å²) in [4.78, 5) is 26.0. The summed E-state index contributed by atoms with van der Waals surface area (Å²) in [5, 5.41) is 9.11. The van der Waals surface area contributed by atoms with E-state index in [9.17, 15) is 9.59 Å². The minimum Gasteiger partial charge on any atom is -0.480 e. The van der Waals surface area contributed by atoms with Crippen molar-refractivity contribution in [2.45, 2.75) is 26.3 Å². The largest absolute Gasteiger partial charge is 0.480 e. The van der Waals surface area contributed by atoms with Gasteiger partial charge in [-0.25, -0.2) is 4.79 Å². The minimum absolute atomic E-state index is 0.319. The van der Waals surface area contributed by atoms with Gasteiger partial charge in [0.2, 0.25) is 0 Å². The molecule has 1 amide bonds. The van der Waals surface area contributed by atoms with Gasteiger partial charge in [-0.3, -0.25) is 9.69 Å². The molecule has 0 radical (unpaired) electrons. The average molecular weight is 244 g/mol. The second kappa shape index (κ2) is 5.35. The summed E-state index contributed by atoms with van der Waals surface area (Å²) in [6.45, 7) is 7.60. The predicted molar refractivity (Wildman–Crippen MR) is 61.9 cm³/mol. The first-order valence-corrected chi connectivity index (χ1v) is 5.79. The summed E-state index contributed by atoms with van der Waals surface area (Å²) in [6, 6.07) is 0. The third kappa shape index (κ3) is 3.09. The standard InChI is InChI=1S/C11H20N2O4/c1-4-17-10(16)12-5-7-13(8-6-12)11(2,3)9(14)15/h4-8H2,1-3H3,(H,14,15). The molecule has 0 saturated carbocycles. The molecule has 6 nitrogen and oxygen atoms in total. The first-order valence-electron chi connectivity index (χ1n) is 5.79. The lowest BCUT2D eigenvalue weighted by Crippen LogP contribution is -2.58. The zero-order valence-corrected chi connectivity index (χ0v) is 10.6. The fourth-order valence-electron chi connectivity index (χ4n) is 1.80. The highest BCUT2D eigenvalue weighted by Crippen LogP contribution is 2.17. The second-order valence-electron chi connectivity index (χ2n) is 4.54. The molecular weight excluding hydrogens is 224 g/mol. The molecule has 1 saturated heterocycles. The van der Waals surface area contributed by atoms with Crippen molar-refractivity contribution in [2.24, 2.45) is 0 Å². The van der Waals surface area contributed by atoms with Crippen LogP contribution in [0.3, 0.4) is 0 Å². The van der Waals surface area contributed by atoms with Crippen molar-refractivity contribution in [1.82, 2.24) is 9.80 Å². The normalized spacial score (nSPS) is 17.9. The lowest BCUT2D eigenvalue weighted by molar-refractivity contribution is -0.150. The van der Waals surface area contributed by atoms with Crippen LogP contribution in [0.2, 0.25) is 0 Å². The van der Waals surface area contributed by atoms with Gasteiger partial charge in [-0.15, -0.1) is 0 Å². The number of aliphatic carboxylic acids is 1. The fourth-order valence-corrected chi connectivity index (χ4v) is 1.80. The Labute approximate surface area is 101 Å². The van der Waals surface area contributed by atoms with Crippen LogP contribution < -0.4 is 0 Å². The first-order chi connectivity index (χ1) is 7.89. The highest BCUT2D eigenvalue weighted by Gasteiger charge is 2.37. The molecule has 1 fully saturated rings. The molecule has 0 atom stereocenters. The van der Waals surface area contributed by atoms with Crippen LogP contribution in [0.15, 0.2) is 0 Å². The summed E-state index contributed by atoms with van der Waals surface area (Å²) in [7, 11) is 0. The molecule has 0 bridgehead atoms. The van der Waals surface area contributed by atoms with Crippen molar-refractivity contribution in [1.29, 1.82) is 0 Å². The molecule has 1 rings (SSSR count). The number of carbonyl (C=O) groups is 2. The van der Waals surface area contributed by atoms with E-state index < -0.39 is 11.5 Å². The topological polar surface area (TPSA) is 70.1 Å². The Balaban J connectivity index is 2.51. The molecule has 0 aromatic rings. The lowest BCUT2D eigenvalue weighted by atomic mass is 10.0. The Morgan fingerprint density at radius 2 is 1.76 bits per heavy atom. The zero-order chi connectivity index (χ0) is 13.1. The summed E-state index contributed by atoms with van der Waals surface area (Å²) >= 11 is 0. The third-order valence-corrected chi connectivity index (χ3v) is 3.12. The molecule has 0 aromatic carbocycles. The van der Waals surface area contributed by atoms with Gasteiger partial charge in [0, 0.05) is 26.2 Å². The van der Waals surface area contributed by atoms with Crippen LogP contribution in [0.25, 0.3) is 0 Å². The van der Waals surface area contributed by atoms with Gasteiger partial charge in [0.25, 0.3) is 0 Å². The molecule has 1 aliphatic rings. The molecule has 1 aliphatic heterocycles. The van der Waals surface area contributed by atoms with Gasteiger partial charge in [-0.2, -0.15) is 0 Å². The van der Waals surface area contributed by atoms with Crippen LogP contribution in [-0.2, 0) is 9.53 Å². The molecule has 98 valence electrons. The number of rotatable bonds is 3. The Morgan fingerprint density at radius 1 is 1.24 bits per heavy atom. The van der Waals surface area contributed by atoms with Gasteiger partial charge in [0.05, 0.1) is 6.61 Å². The number of carboxylic acid groups (broad SMARTS) is 1. The van der Waals surface area contributed by atoms with Gasteiger partial charge in [-0.05, 0) is 20.8 Å². The Hall–Kier alpha value is -1.30. The maximum atomic E-state index is 11.5. The highest BCUT2D eigenvalue weighted by atomic mass is 16.6. The van der Waals surface area contributed by atoms with E-state index in [1.165, 1.54) is 0 Å². The molecule has 17 heavy (non-hydrogen) atoms. The molecule has 1 N–H and O–H groups in total. The molecule has 0 unspecified atom stereocenters. The van der Waals surface area contributed by atoms with Crippen LogP contribution in [0.5, 0.6) is 0 Å². The van der Waals surface area contributed by atoms with Gasteiger partial charge >= 0.3 is 12.1 Å². The molecular formula is C11H20N2O4. The van der Waals surface area contributed by atoms with Crippen molar-refractivity contribution < 1.29 is 19.4 Å². The molecule has 0 aliphatic carbocycles.